The number of carbonyl (C=O) groups excluding carboxylic acids is 1. The molecule has 1 unspecified atom stereocenters. The van der Waals surface area contributed by atoms with Gasteiger partial charge in [0.2, 0.25) is 5.91 Å². The number of carbonyl (C=O) groups is 1. The number of hydrogen-bond acceptors (Lipinski definition) is 3. The second-order valence-electron chi connectivity index (χ2n) is 2.60. The molecule has 0 rings (SSSR count). The first-order valence-electron chi connectivity index (χ1n) is 3.71. The fraction of sp³-hybridized carbons (Fsp3) is 0.857. The Bertz CT molecular complexity index is 126. The molecule has 3 N–H and O–H groups in total. The van der Waals surface area contributed by atoms with Gasteiger partial charge in [0, 0.05) is 6.54 Å². The number of aliphatic hydroxyl groups excluding tert-OH is 1. The van der Waals surface area contributed by atoms with Crippen LogP contribution in [0.3, 0.4) is 0 Å². The van der Waals surface area contributed by atoms with E-state index in [2.05, 4.69) is 10.6 Å². The second-order valence-corrected chi connectivity index (χ2v) is 2.60. The van der Waals surface area contributed by atoms with Gasteiger partial charge >= 0.3 is 0 Å². The molecule has 2 atom stereocenters. The van der Waals surface area contributed by atoms with Gasteiger partial charge in [0.1, 0.15) is 0 Å². The fourth-order valence-corrected chi connectivity index (χ4v) is 0.532. The van der Waals surface area contributed by atoms with Crippen LogP contribution < -0.4 is 10.6 Å². The molecule has 0 aromatic heterocycles. The number of hydrogen-bond donors (Lipinski definition) is 3. The summed E-state index contributed by atoms with van der Waals surface area (Å²) in [5, 5.41) is 14.2. The van der Waals surface area contributed by atoms with Gasteiger partial charge in [0.25, 0.3) is 0 Å². The molecule has 0 aliphatic carbocycles. The Labute approximate surface area is 67.0 Å². The van der Waals surface area contributed by atoms with E-state index >= 15 is 0 Å². The van der Waals surface area contributed by atoms with Crippen molar-refractivity contribution in [2.24, 2.45) is 0 Å². The lowest BCUT2D eigenvalue weighted by Crippen LogP contribution is -2.42. The third-order valence-corrected chi connectivity index (χ3v) is 1.40. The third-order valence-electron chi connectivity index (χ3n) is 1.40. The highest BCUT2D eigenvalue weighted by atomic mass is 16.3. The number of rotatable bonds is 4. The zero-order valence-corrected chi connectivity index (χ0v) is 7.22. The first-order valence-corrected chi connectivity index (χ1v) is 3.71. The molecule has 0 fully saturated rings. The van der Waals surface area contributed by atoms with Crippen LogP contribution in [0.2, 0.25) is 0 Å². The average Bonchev–Trinajstić information content (AvgIpc) is 1.98. The van der Waals surface area contributed by atoms with Gasteiger partial charge < -0.3 is 15.7 Å². The van der Waals surface area contributed by atoms with Crippen LogP contribution in [-0.4, -0.2) is 36.8 Å². The SMILES string of the molecule is CNC(C)C(=O)NC[C@H](C)O. The maximum Gasteiger partial charge on any atom is 0.236 e. The minimum Gasteiger partial charge on any atom is -0.392 e. The molecule has 0 aliphatic rings. The van der Waals surface area contributed by atoms with E-state index < -0.39 is 6.10 Å². The predicted molar refractivity (Wildman–Crippen MR) is 43.2 cm³/mol. The van der Waals surface area contributed by atoms with E-state index in [1.54, 1.807) is 20.9 Å². The summed E-state index contributed by atoms with van der Waals surface area (Å²) < 4.78 is 0. The molecule has 66 valence electrons. The highest BCUT2D eigenvalue weighted by Gasteiger charge is 2.09. The van der Waals surface area contributed by atoms with Gasteiger partial charge in [0.15, 0.2) is 0 Å². The van der Waals surface area contributed by atoms with Crippen LogP contribution in [0.5, 0.6) is 0 Å². The summed E-state index contributed by atoms with van der Waals surface area (Å²) in [5.74, 6) is -0.0894. The molecule has 1 amide bonds. The highest BCUT2D eigenvalue weighted by molar-refractivity contribution is 5.81. The number of likely N-dealkylation sites (N-methyl/N-ethyl adjacent to an activating group) is 1. The molecule has 11 heavy (non-hydrogen) atoms. The Morgan fingerprint density at radius 3 is 2.45 bits per heavy atom. The lowest BCUT2D eigenvalue weighted by molar-refractivity contribution is -0.123. The first kappa shape index (κ1) is 10.4. The van der Waals surface area contributed by atoms with Crippen molar-refractivity contribution in [1.82, 2.24) is 10.6 Å². The molecule has 4 nitrogen and oxygen atoms in total. The van der Waals surface area contributed by atoms with Crippen molar-refractivity contribution in [2.45, 2.75) is 26.0 Å². The minimum atomic E-state index is -0.483. The van der Waals surface area contributed by atoms with Crippen LogP contribution >= 0.6 is 0 Å². The molecule has 0 heterocycles. The van der Waals surface area contributed by atoms with E-state index in [1.165, 1.54) is 0 Å². The number of amides is 1. The van der Waals surface area contributed by atoms with Crippen molar-refractivity contribution < 1.29 is 9.90 Å². The first-order chi connectivity index (χ1) is 5.07. The molecule has 0 saturated carbocycles. The van der Waals surface area contributed by atoms with Crippen molar-refractivity contribution >= 4 is 5.91 Å². The standard InChI is InChI=1S/C7H16N2O2/c1-5(10)4-9-7(11)6(2)8-3/h5-6,8,10H,4H2,1-3H3,(H,9,11)/t5-,6?/m0/s1. The maximum atomic E-state index is 11.0. The molecular formula is C7H16N2O2. The van der Waals surface area contributed by atoms with E-state index in [-0.39, 0.29) is 11.9 Å². The van der Waals surface area contributed by atoms with E-state index in [9.17, 15) is 4.79 Å². The summed E-state index contributed by atoms with van der Waals surface area (Å²) >= 11 is 0. The predicted octanol–water partition coefficient (Wildman–Crippen LogP) is -0.909. The normalized spacial score (nSPS) is 15.6. The van der Waals surface area contributed by atoms with Crippen LogP contribution in [0.1, 0.15) is 13.8 Å². The summed E-state index contributed by atoms with van der Waals surface area (Å²) in [6.45, 7) is 3.70. The van der Waals surface area contributed by atoms with E-state index in [0.717, 1.165) is 0 Å². The van der Waals surface area contributed by atoms with Gasteiger partial charge in [-0.2, -0.15) is 0 Å². The smallest absolute Gasteiger partial charge is 0.236 e. The molecule has 0 aromatic rings. The third kappa shape index (κ3) is 4.75. The zero-order chi connectivity index (χ0) is 8.85. The van der Waals surface area contributed by atoms with Gasteiger partial charge in [-0.25, -0.2) is 0 Å². The fourth-order valence-electron chi connectivity index (χ4n) is 0.532. The molecule has 0 radical (unpaired) electrons. The molecule has 0 saturated heterocycles. The Hall–Kier alpha value is -0.610. The number of aliphatic hydroxyl groups is 1. The lowest BCUT2D eigenvalue weighted by Gasteiger charge is -2.11. The molecule has 0 aliphatic heterocycles. The largest absolute Gasteiger partial charge is 0.392 e. The van der Waals surface area contributed by atoms with Gasteiger partial charge in [-0.3, -0.25) is 4.79 Å². The van der Waals surface area contributed by atoms with Crippen molar-refractivity contribution in [1.29, 1.82) is 0 Å². The van der Waals surface area contributed by atoms with E-state index in [1.807, 2.05) is 0 Å². The molecule has 4 heteroatoms. The van der Waals surface area contributed by atoms with E-state index in [0.29, 0.717) is 6.54 Å². The van der Waals surface area contributed by atoms with E-state index in [4.69, 9.17) is 5.11 Å². The van der Waals surface area contributed by atoms with Crippen molar-refractivity contribution in [2.75, 3.05) is 13.6 Å². The highest BCUT2D eigenvalue weighted by Crippen LogP contribution is 1.80. The average molecular weight is 160 g/mol. The summed E-state index contributed by atoms with van der Waals surface area (Å²) in [7, 11) is 1.71. The van der Waals surface area contributed by atoms with Crippen LogP contribution in [0.4, 0.5) is 0 Å². The minimum absolute atomic E-state index is 0.0894. The van der Waals surface area contributed by atoms with Crippen molar-refractivity contribution in [3.8, 4) is 0 Å². The Morgan fingerprint density at radius 2 is 2.09 bits per heavy atom. The van der Waals surface area contributed by atoms with Gasteiger partial charge in [0.05, 0.1) is 12.1 Å². The molecule has 0 bridgehead atoms. The zero-order valence-electron chi connectivity index (χ0n) is 7.22. The summed E-state index contributed by atoms with van der Waals surface area (Å²) in [6.07, 6.45) is -0.483. The molecule has 0 aromatic carbocycles. The topological polar surface area (TPSA) is 61.4 Å². The van der Waals surface area contributed by atoms with Crippen LogP contribution in [0.15, 0.2) is 0 Å². The lowest BCUT2D eigenvalue weighted by atomic mass is 10.3. The van der Waals surface area contributed by atoms with Gasteiger partial charge in [-0.1, -0.05) is 0 Å². The van der Waals surface area contributed by atoms with Crippen LogP contribution in [0, 0.1) is 0 Å². The quantitative estimate of drug-likeness (QED) is 0.499. The van der Waals surface area contributed by atoms with Crippen molar-refractivity contribution in [3.05, 3.63) is 0 Å². The van der Waals surface area contributed by atoms with Gasteiger partial charge in [-0.05, 0) is 20.9 Å². The summed E-state index contributed by atoms with van der Waals surface area (Å²) in [6, 6.07) is -0.200. The second kappa shape index (κ2) is 5.09. The molecule has 0 spiro atoms. The monoisotopic (exact) mass is 160 g/mol. The summed E-state index contributed by atoms with van der Waals surface area (Å²) in [5.41, 5.74) is 0. The van der Waals surface area contributed by atoms with Crippen LogP contribution in [0.25, 0.3) is 0 Å². The Balaban J connectivity index is 3.52. The van der Waals surface area contributed by atoms with Gasteiger partial charge in [-0.15, -0.1) is 0 Å². The maximum absolute atomic E-state index is 11.0. The van der Waals surface area contributed by atoms with Crippen LogP contribution in [-0.2, 0) is 4.79 Å². The molecular weight excluding hydrogens is 144 g/mol. The number of nitrogens with one attached hydrogen (secondary N) is 2. The summed E-state index contributed by atoms with van der Waals surface area (Å²) in [4.78, 5) is 11.0. The Kier molecular flexibility index (Phi) is 4.81. The van der Waals surface area contributed by atoms with Crippen molar-refractivity contribution in [3.63, 3.8) is 0 Å². The Morgan fingerprint density at radius 1 is 1.55 bits per heavy atom.